The Morgan fingerprint density at radius 1 is 1.00 bits per heavy atom. The third kappa shape index (κ3) is 5.56. The summed E-state index contributed by atoms with van der Waals surface area (Å²) in [6.07, 6.45) is 2.13. The third-order valence-corrected chi connectivity index (χ3v) is 6.77. The molecule has 9 heteroatoms. The van der Waals surface area contributed by atoms with E-state index in [1.807, 2.05) is 69.3 Å². The molecule has 0 bridgehead atoms. The Hall–Kier alpha value is -4.14. The molecule has 1 aliphatic rings. The number of rotatable bonds is 10. The van der Waals surface area contributed by atoms with Crippen LogP contribution in [0.25, 0.3) is 0 Å². The average molecular weight is 518 g/mol. The molecule has 1 aromatic heterocycles. The van der Waals surface area contributed by atoms with Crippen LogP contribution in [0.3, 0.4) is 0 Å². The minimum atomic E-state index is -1.12. The van der Waals surface area contributed by atoms with Crippen LogP contribution in [0.2, 0.25) is 0 Å². The fourth-order valence-electron chi connectivity index (χ4n) is 4.64. The van der Waals surface area contributed by atoms with Gasteiger partial charge in [-0.3, -0.25) is 14.4 Å². The molecule has 3 aromatic rings. The van der Waals surface area contributed by atoms with Crippen molar-refractivity contribution in [3.05, 3.63) is 82.9 Å². The van der Waals surface area contributed by atoms with Crippen molar-refractivity contribution in [2.75, 3.05) is 13.2 Å². The lowest BCUT2D eigenvalue weighted by molar-refractivity contribution is -0.133. The van der Waals surface area contributed by atoms with Crippen LogP contribution in [0.15, 0.2) is 54.9 Å². The van der Waals surface area contributed by atoms with Crippen molar-refractivity contribution < 1.29 is 19.1 Å². The summed E-state index contributed by atoms with van der Waals surface area (Å²) in [5, 5.41) is 5.84. The highest BCUT2D eigenvalue weighted by Gasteiger charge is 2.48. The molecule has 0 fully saturated rings. The van der Waals surface area contributed by atoms with Gasteiger partial charge in [0.25, 0.3) is 11.8 Å². The fraction of sp³-hybridized carbons (Fsp3) is 0.379. The fourth-order valence-corrected chi connectivity index (χ4v) is 4.64. The molecular formula is C29H35N5O4. The molecule has 0 radical (unpaired) electrons. The van der Waals surface area contributed by atoms with Crippen molar-refractivity contribution in [2.24, 2.45) is 0 Å². The summed E-state index contributed by atoms with van der Waals surface area (Å²) in [6, 6.07) is 15.4. The van der Waals surface area contributed by atoms with Gasteiger partial charge in [-0.25, -0.2) is 4.98 Å². The van der Waals surface area contributed by atoms with E-state index in [-0.39, 0.29) is 36.3 Å². The zero-order valence-corrected chi connectivity index (χ0v) is 22.4. The molecule has 2 aromatic carbocycles. The van der Waals surface area contributed by atoms with Crippen LogP contribution >= 0.6 is 0 Å². The van der Waals surface area contributed by atoms with Gasteiger partial charge in [-0.15, -0.1) is 0 Å². The Bertz CT molecular complexity index is 1300. The lowest BCUT2D eigenvalue weighted by Gasteiger charge is -2.43. The van der Waals surface area contributed by atoms with Crippen LogP contribution in [0.5, 0.6) is 5.75 Å². The zero-order chi connectivity index (χ0) is 27.3. The van der Waals surface area contributed by atoms with Gasteiger partial charge in [0.15, 0.2) is 5.69 Å². The van der Waals surface area contributed by atoms with Gasteiger partial charge in [-0.1, -0.05) is 48.9 Å². The van der Waals surface area contributed by atoms with Gasteiger partial charge in [0.05, 0.1) is 19.5 Å². The van der Waals surface area contributed by atoms with Crippen molar-refractivity contribution in [3.8, 4) is 5.75 Å². The number of nitrogens with one attached hydrogen (secondary N) is 2. The van der Waals surface area contributed by atoms with E-state index in [2.05, 4.69) is 15.6 Å². The van der Waals surface area contributed by atoms with Crippen LogP contribution in [0.4, 0.5) is 0 Å². The minimum Gasteiger partial charge on any atom is -0.494 e. The molecule has 0 saturated heterocycles. The maximum absolute atomic E-state index is 13.7. The molecule has 3 amide bonds. The lowest BCUT2D eigenvalue weighted by Crippen LogP contribution is -2.64. The van der Waals surface area contributed by atoms with Crippen molar-refractivity contribution in [3.63, 3.8) is 0 Å². The minimum absolute atomic E-state index is 0.0594. The van der Waals surface area contributed by atoms with Crippen molar-refractivity contribution >= 4 is 17.7 Å². The van der Waals surface area contributed by atoms with E-state index in [9.17, 15) is 14.4 Å². The Kier molecular flexibility index (Phi) is 8.14. The van der Waals surface area contributed by atoms with E-state index in [1.54, 1.807) is 16.4 Å². The van der Waals surface area contributed by atoms with Gasteiger partial charge in [0.2, 0.25) is 5.91 Å². The molecule has 4 rings (SSSR count). The SMILES string of the molecule is CCCN1C(=O)c2c(C(=O)NCc3ccc(OCC)cc3)ncn2C[C@]1(C)C(=O)NCc1ccc(C)cc1. The molecule has 0 saturated carbocycles. The van der Waals surface area contributed by atoms with E-state index < -0.39 is 11.4 Å². The van der Waals surface area contributed by atoms with Crippen LogP contribution in [-0.4, -0.2) is 50.9 Å². The number of hydrogen-bond acceptors (Lipinski definition) is 5. The standard InChI is InChI=1S/C29H35N5O4/c1-5-15-34-27(36)25-24(26(35)30-16-22-11-13-23(14-12-22)38-6-2)32-19-33(25)18-29(34,4)28(37)31-17-21-9-7-20(3)8-10-21/h7-14,19H,5-6,15-18H2,1-4H3,(H,30,35)(H,31,37)/t29-/m1/s1. The first-order valence-electron chi connectivity index (χ1n) is 13.0. The predicted octanol–water partition coefficient (Wildman–Crippen LogP) is 3.46. The highest BCUT2D eigenvalue weighted by atomic mass is 16.5. The Morgan fingerprint density at radius 3 is 2.26 bits per heavy atom. The van der Waals surface area contributed by atoms with E-state index >= 15 is 0 Å². The number of amides is 3. The summed E-state index contributed by atoms with van der Waals surface area (Å²) in [5.41, 5.74) is 2.15. The molecule has 9 nitrogen and oxygen atoms in total. The quantitative estimate of drug-likeness (QED) is 0.429. The highest BCUT2D eigenvalue weighted by molar-refractivity contribution is 6.07. The first-order chi connectivity index (χ1) is 18.3. The first kappa shape index (κ1) is 26.9. The number of imidazole rings is 1. The number of aryl methyl sites for hydroxylation is 1. The third-order valence-electron chi connectivity index (χ3n) is 6.77. The number of carbonyl (C=O) groups is 3. The largest absolute Gasteiger partial charge is 0.494 e. The topological polar surface area (TPSA) is 106 Å². The van der Waals surface area contributed by atoms with Gasteiger partial charge in [-0.2, -0.15) is 0 Å². The molecule has 0 spiro atoms. The van der Waals surface area contributed by atoms with Crippen molar-refractivity contribution in [2.45, 2.75) is 59.3 Å². The summed E-state index contributed by atoms with van der Waals surface area (Å²) < 4.78 is 7.07. The molecule has 0 aliphatic carbocycles. The number of nitrogens with zero attached hydrogens (tertiary/aromatic N) is 3. The van der Waals surface area contributed by atoms with Crippen LogP contribution < -0.4 is 15.4 Å². The molecule has 0 unspecified atom stereocenters. The van der Waals surface area contributed by atoms with E-state index in [4.69, 9.17) is 4.74 Å². The number of ether oxygens (including phenoxy) is 1. The number of carbonyl (C=O) groups excluding carboxylic acids is 3. The molecule has 1 aliphatic heterocycles. The van der Waals surface area contributed by atoms with Crippen LogP contribution in [0, 0.1) is 6.92 Å². The van der Waals surface area contributed by atoms with Crippen molar-refractivity contribution in [1.29, 1.82) is 0 Å². The Morgan fingerprint density at radius 2 is 1.63 bits per heavy atom. The summed E-state index contributed by atoms with van der Waals surface area (Å²) in [4.78, 5) is 46.0. The molecule has 200 valence electrons. The number of fused-ring (bicyclic) bond motifs is 1. The maximum Gasteiger partial charge on any atom is 0.273 e. The molecule has 1 atom stereocenters. The summed E-state index contributed by atoms with van der Waals surface area (Å²) in [7, 11) is 0. The molecular weight excluding hydrogens is 482 g/mol. The number of aromatic nitrogens is 2. The van der Waals surface area contributed by atoms with Gasteiger partial charge in [-0.05, 0) is 50.5 Å². The van der Waals surface area contributed by atoms with Crippen LogP contribution in [-0.2, 0) is 24.4 Å². The summed E-state index contributed by atoms with van der Waals surface area (Å²) >= 11 is 0. The number of benzene rings is 2. The average Bonchev–Trinajstić information content (AvgIpc) is 3.34. The van der Waals surface area contributed by atoms with Crippen molar-refractivity contribution in [1.82, 2.24) is 25.1 Å². The smallest absolute Gasteiger partial charge is 0.273 e. The van der Waals surface area contributed by atoms with E-state index in [0.717, 1.165) is 22.4 Å². The second kappa shape index (κ2) is 11.5. The Balaban J connectivity index is 1.50. The zero-order valence-electron chi connectivity index (χ0n) is 22.4. The maximum atomic E-state index is 13.7. The lowest BCUT2D eigenvalue weighted by atomic mass is 9.93. The van der Waals surface area contributed by atoms with Gasteiger partial charge >= 0.3 is 0 Å². The molecule has 2 heterocycles. The second-order valence-corrected chi connectivity index (χ2v) is 9.73. The molecule has 38 heavy (non-hydrogen) atoms. The highest BCUT2D eigenvalue weighted by Crippen LogP contribution is 2.29. The normalized spacial score (nSPS) is 16.6. The number of hydrogen-bond donors (Lipinski definition) is 2. The second-order valence-electron chi connectivity index (χ2n) is 9.73. The van der Waals surface area contributed by atoms with E-state index in [0.29, 0.717) is 26.1 Å². The van der Waals surface area contributed by atoms with Crippen LogP contribution in [0.1, 0.15) is 64.9 Å². The van der Waals surface area contributed by atoms with Gasteiger partial charge in [0, 0.05) is 19.6 Å². The Labute approximate surface area is 223 Å². The van der Waals surface area contributed by atoms with Gasteiger partial charge < -0.3 is 24.8 Å². The monoisotopic (exact) mass is 517 g/mol. The summed E-state index contributed by atoms with van der Waals surface area (Å²) in [5.74, 6) is -0.307. The molecule has 2 N–H and O–H groups in total. The first-order valence-corrected chi connectivity index (χ1v) is 13.0. The van der Waals surface area contributed by atoms with E-state index in [1.165, 1.54) is 6.33 Å². The predicted molar refractivity (Wildman–Crippen MR) is 144 cm³/mol. The summed E-state index contributed by atoms with van der Waals surface area (Å²) in [6.45, 7) is 9.45. The van der Waals surface area contributed by atoms with Gasteiger partial charge in [0.1, 0.15) is 17.0 Å².